The maximum absolute atomic E-state index is 8.03. The fraction of sp³-hybridized carbons (Fsp3) is 0.556. The van der Waals surface area contributed by atoms with Crippen molar-refractivity contribution < 1.29 is 4.74 Å². The SMILES string of the molecule is [N-]=[N+]=NCCCCCOc1ncccn1. The Balaban J connectivity index is 2.00. The highest BCUT2D eigenvalue weighted by Gasteiger charge is 1.94. The molecule has 15 heavy (non-hydrogen) atoms. The van der Waals surface area contributed by atoms with Gasteiger partial charge >= 0.3 is 6.01 Å². The summed E-state index contributed by atoms with van der Waals surface area (Å²) in [5.41, 5.74) is 8.03. The fourth-order valence-corrected chi connectivity index (χ4v) is 1.03. The van der Waals surface area contributed by atoms with Crippen LogP contribution in [0.15, 0.2) is 23.6 Å². The molecule has 0 unspecified atom stereocenters. The summed E-state index contributed by atoms with van der Waals surface area (Å²) in [5, 5.41) is 3.44. The first kappa shape index (κ1) is 11.3. The zero-order valence-corrected chi connectivity index (χ0v) is 8.41. The van der Waals surface area contributed by atoms with Crippen molar-refractivity contribution in [1.29, 1.82) is 0 Å². The minimum atomic E-state index is 0.410. The summed E-state index contributed by atoms with van der Waals surface area (Å²) < 4.78 is 5.29. The van der Waals surface area contributed by atoms with Crippen molar-refractivity contribution in [3.8, 4) is 6.01 Å². The number of azide groups is 1. The van der Waals surface area contributed by atoms with Crippen LogP contribution >= 0.6 is 0 Å². The molecule has 80 valence electrons. The number of aromatic nitrogens is 2. The number of rotatable bonds is 7. The van der Waals surface area contributed by atoms with Gasteiger partial charge in [0, 0.05) is 23.9 Å². The van der Waals surface area contributed by atoms with Crippen molar-refractivity contribution in [2.24, 2.45) is 5.11 Å². The first-order chi connectivity index (χ1) is 7.43. The van der Waals surface area contributed by atoms with Crippen LogP contribution in [-0.2, 0) is 0 Å². The van der Waals surface area contributed by atoms with Crippen molar-refractivity contribution in [2.45, 2.75) is 19.3 Å². The number of hydrogen-bond acceptors (Lipinski definition) is 4. The molecular weight excluding hydrogens is 194 g/mol. The maximum atomic E-state index is 8.03. The Morgan fingerprint density at radius 2 is 2.07 bits per heavy atom. The van der Waals surface area contributed by atoms with E-state index in [2.05, 4.69) is 20.0 Å². The van der Waals surface area contributed by atoms with Gasteiger partial charge in [0.25, 0.3) is 0 Å². The van der Waals surface area contributed by atoms with Crippen LogP contribution in [0.5, 0.6) is 6.01 Å². The molecule has 0 radical (unpaired) electrons. The molecule has 1 heterocycles. The molecule has 0 aromatic carbocycles. The predicted octanol–water partition coefficient (Wildman–Crippen LogP) is 2.34. The second-order valence-corrected chi connectivity index (χ2v) is 2.89. The zero-order valence-electron chi connectivity index (χ0n) is 8.41. The van der Waals surface area contributed by atoms with E-state index in [1.54, 1.807) is 18.5 Å². The third-order valence-corrected chi connectivity index (χ3v) is 1.74. The third-order valence-electron chi connectivity index (χ3n) is 1.74. The van der Waals surface area contributed by atoms with Crippen LogP contribution < -0.4 is 4.74 Å². The predicted molar refractivity (Wildman–Crippen MR) is 55.4 cm³/mol. The van der Waals surface area contributed by atoms with Crippen LogP contribution in [0.3, 0.4) is 0 Å². The van der Waals surface area contributed by atoms with Crippen LogP contribution in [0.4, 0.5) is 0 Å². The van der Waals surface area contributed by atoms with E-state index in [1.807, 2.05) is 0 Å². The molecule has 0 fully saturated rings. The number of unbranched alkanes of at least 4 members (excludes halogenated alkanes) is 2. The van der Waals surface area contributed by atoms with Crippen molar-refractivity contribution >= 4 is 0 Å². The molecule has 1 rings (SSSR count). The van der Waals surface area contributed by atoms with Gasteiger partial charge in [-0.15, -0.1) is 0 Å². The summed E-state index contributed by atoms with van der Waals surface area (Å²) in [6, 6.07) is 2.15. The second-order valence-electron chi connectivity index (χ2n) is 2.89. The van der Waals surface area contributed by atoms with E-state index in [9.17, 15) is 0 Å². The van der Waals surface area contributed by atoms with Gasteiger partial charge in [0.05, 0.1) is 6.61 Å². The Morgan fingerprint density at radius 3 is 2.80 bits per heavy atom. The lowest BCUT2D eigenvalue weighted by molar-refractivity contribution is 0.282. The lowest BCUT2D eigenvalue weighted by Crippen LogP contribution is -2.00. The van der Waals surface area contributed by atoms with Gasteiger partial charge in [-0.2, -0.15) is 0 Å². The molecule has 1 aromatic rings. The van der Waals surface area contributed by atoms with Gasteiger partial charge in [-0.3, -0.25) is 0 Å². The molecule has 0 amide bonds. The van der Waals surface area contributed by atoms with Crippen molar-refractivity contribution in [2.75, 3.05) is 13.2 Å². The molecule has 0 atom stereocenters. The highest BCUT2D eigenvalue weighted by molar-refractivity contribution is 4.92. The molecule has 6 nitrogen and oxygen atoms in total. The lowest BCUT2D eigenvalue weighted by atomic mass is 10.2. The monoisotopic (exact) mass is 207 g/mol. The van der Waals surface area contributed by atoms with Crippen LogP contribution in [0.2, 0.25) is 0 Å². The van der Waals surface area contributed by atoms with E-state index in [1.165, 1.54) is 0 Å². The largest absolute Gasteiger partial charge is 0.463 e. The number of nitrogens with zero attached hydrogens (tertiary/aromatic N) is 5. The van der Waals surface area contributed by atoms with E-state index in [0.717, 1.165) is 19.3 Å². The van der Waals surface area contributed by atoms with E-state index in [-0.39, 0.29) is 0 Å². The summed E-state index contributed by atoms with van der Waals surface area (Å²) in [6.45, 7) is 1.15. The Kier molecular flexibility index (Phi) is 5.69. The standard InChI is InChI=1S/C9H13N5O/c10-14-13-7-2-1-3-8-15-9-11-5-4-6-12-9/h4-6H,1-3,7-8H2. The Hall–Kier alpha value is -1.81. The molecule has 6 heteroatoms. The average Bonchev–Trinajstić information content (AvgIpc) is 2.29. The van der Waals surface area contributed by atoms with Gasteiger partial charge in [0.15, 0.2) is 0 Å². The van der Waals surface area contributed by atoms with Crippen LogP contribution in [0.1, 0.15) is 19.3 Å². The molecule has 0 aliphatic heterocycles. The highest BCUT2D eigenvalue weighted by Crippen LogP contribution is 2.01. The molecule has 0 bridgehead atoms. The van der Waals surface area contributed by atoms with Gasteiger partial charge in [-0.05, 0) is 30.9 Å². The molecule has 0 N–H and O–H groups in total. The zero-order chi connectivity index (χ0) is 10.8. The molecule has 1 aromatic heterocycles. The maximum Gasteiger partial charge on any atom is 0.316 e. The first-order valence-electron chi connectivity index (χ1n) is 4.84. The number of hydrogen-bond donors (Lipinski definition) is 0. The van der Waals surface area contributed by atoms with Gasteiger partial charge in [-0.1, -0.05) is 5.11 Å². The minimum absolute atomic E-state index is 0.410. The van der Waals surface area contributed by atoms with Crippen molar-refractivity contribution in [3.05, 3.63) is 28.9 Å². The molecule has 0 saturated carbocycles. The van der Waals surface area contributed by atoms with E-state index < -0.39 is 0 Å². The van der Waals surface area contributed by atoms with Crippen LogP contribution in [0.25, 0.3) is 10.4 Å². The lowest BCUT2D eigenvalue weighted by Gasteiger charge is -2.02. The van der Waals surface area contributed by atoms with E-state index >= 15 is 0 Å². The summed E-state index contributed by atoms with van der Waals surface area (Å²) >= 11 is 0. The summed E-state index contributed by atoms with van der Waals surface area (Å²) in [6.07, 6.45) is 6.07. The van der Waals surface area contributed by atoms with Crippen LogP contribution in [-0.4, -0.2) is 23.1 Å². The van der Waals surface area contributed by atoms with Crippen molar-refractivity contribution in [3.63, 3.8) is 0 Å². The quantitative estimate of drug-likeness (QED) is 0.297. The van der Waals surface area contributed by atoms with Gasteiger partial charge in [0.2, 0.25) is 0 Å². The van der Waals surface area contributed by atoms with Crippen molar-refractivity contribution in [1.82, 2.24) is 9.97 Å². The Morgan fingerprint density at radius 1 is 1.27 bits per heavy atom. The summed E-state index contributed by atoms with van der Waals surface area (Å²) in [5.74, 6) is 0. The minimum Gasteiger partial charge on any atom is -0.463 e. The molecule has 0 aliphatic rings. The smallest absolute Gasteiger partial charge is 0.316 e. The average molecular weight is 207 g/mol. The molecule has 0 aliphatic carbocycles. The number of ether oxygens (including phenoxy) is 1. The topological polar surface area (TPSA) is 83.8 Å². The molecule has 0 saturated heterocycles. The highest BCUT2D eigenvalue weighted by atomic mass is 16.5. The molecular formula is C9H13N5O. The third kappa shape index (κ3) is 5.49. The Bertz CT molecular complexity index is 310. The summed E-state index contributed by atoms with van der Waals surface area (Å²) in [7, 11) is 0. The normalized spacial score (nSPS) is 9.33. The Labute approximate surface area is 87.9 Å². The van der Waals surface area contributed by atoms with E-state index in [0.29, 0.717) is 19.2 Å². The second kappa shape index (κ2) is 7.58. The first-order valence-corrected chi connectivity index (χ1v) is 4.84. The molecule has 0 spiro atoms. The summed E-state index contributed by atoms with van der Waals surface area (Å²) in [4.78, 5) is 10.5. The fourth-order valence-electron chi connectivity index (χ4n) is 1.03. The van der Waals surface area contributed by atoms with Gasteiger partial charge in [-0.25, -0.2) is 9.97 Å². The van der Waals surface area contributed by atoms with Crippen LogP contribution in [0, 0.1) is 0 Å². The van der Waals surface area contributed by atoms with Gasteiger partial charge in [0.1, 0.15) is 0 Å². The van der Waals surface area contributed by atoms with E-state index in [4.69, 9.17) is 10.3 Å². The van der Waals surface area contributed by atoms with Gasteiger partial charge < -0.3 is 4.74 Å².